The van der Waals surface area contributed by atoms with Crippen molar-refractivity contribution in [3.05, 3.63) is 83.7 Å². The summed E-state index contributed by atoms with van der Waals surface area (Å²) in [6.07, 6.45) is 6.19. The van der Waals surface area contributed by atoms with E-state index in [2.05, 4.69) is 15.6 Å². The van der Waals surface area contributed by atoms with Crippen LogP contribution < -0.4 is 10.6 Å². The molecule has 1 heterocycles. The predicted octanol–water partition coefficient (Wildman–Crippen LogP) is 4.34. The van der Waals surface area contributed by atoms with E-state index in [0.717, 1.165) is 36.0 Å². The topological polar surface area (TPSA) is 91.3 Å². The maximum Gasteiger partial charge on any atom is 0.257 e. The number of amides is 2. The first kappa shape index (κ1) is 21.7. The fraction of sp³-hybridized carbons (Fsp3) is 0.269. The Hall–Kier alpha value is -3.51. The molecule has 0 saturated heterocycles. The fourth-order valence-electron chi connectivity index (χ4n) is 3.98. The van der Waals surface area contributed by atoms with Crippen molar-refractivity contribution in [1.82, 2.24) is 10.3 Å². The van der Waals surface area contributed by atoms with Crippen molar-refractivity contribution in [2.45, 2.75) is 44.8 Å². The molecule has 2 aromatic carbocycles. The summed E-state index contributed by atoms with van der Waals surface area (Å²) in [6, 6.07) is 16.5. The summed E-state index contributed by atoms with van der Waals surface area (Å²) in [5.74, 6) is -0.544. The van der Waals surface area contributed by atoms with E-state index in [1.54, 1.807) is 30.5 Å². The maximum atomic E-state index is 12.9. The number of aryl methyl sites for hydroxylation is 1. The second kappa shape index (κ2) is 9.75. The average molecular weight is 430 g/mol. The van der Waals surface area contributed by atoms with Crippen LogP contribution in [0, 0.1) is 6.92 Å². The van der Waals surface area contributed by atoms with Crippen molar-refractivity contribution in [3.8, 4) is 11.1 Å². The van der Waals surface area contributed by atoms with Crippen LogP contribution in [0.4, 0.5) is 5.69 Å². The number of carbonyl (C=O) groups is 2. The molecule has 1 fully saturated rings. The average Bonchev–Trinajstić information content (AvgIpc) is 2.82. The first-order valence-corrected chi connectivity index (χ1v) is 10.9. The van der Waals surface area contributed by atoms with Crippen molar-refractivity contribution in [1.29, 1.82) is 0 Å². The molecule has 1 aliphatic rings. The number of anilines is 1. The highest BCUT2D eigenvalue weighted by Gasteiger charge is 2.25. The number of nitrogens with one attached hydrogen (secondary N) is 2. The minimum Gasteiger partial charge on any atom is -0.391 e. The molecule has 3 N–H and O–H groups in total. The maximum absolute atomic E-state index is 12.9. The Balaban J connectivity index is 1.49. The van der Waals surface area contributed by atoms with Crippen LogP contribution in [-0.2, 0) is 0 Å². The van der Waals surface area contributed by atoms with Crippen molar-refractivity contribution in [2.24, 2.45) is 0 Å². The zero-order valence-corrected chi connectivity index (χ0v) is 18.0. The van der Waals surface area contributed by atoms with Crippen molar-refractivity contribution >= 4 is 17.5 Å². The molecule has 0 bridgehead atoms. The molecule has 164 valence electrons. The quantitative estimate of drug-likeness (QED) is 0.563. The van der Waals surface area contributed by atoms with Gasteiger partial charge in [-0.25, -0.2) is 0 Å². The number of benzene rings is 2. The summed E-state index contributed by atoms with van der Waals surface area (Å²) in [7, 11) is 0. The van der Waals surface area contributed by atoms with E-state index in [-0.39, 0.29) is 17.9 Å². The SMILES string of the molecule is Cc1ccc(C(=O)N[C@H]2CCCC[C@@H]2O)cc1NC(=O)c1cncc(-c2ccccc2)c1. The van der Waals surface area contributed by atoms with E-state index in [1.165, 1.54) is 6.20 Å². The minimum atomic E-state index is -0.512. The van der Waals surface area contributed by atoms with Crippen LogP contribution in [-0.4, -0.2) is 34.1 Å². The lowest BCUT2D eigenvalue weighted by atomic mass is 9.92. The summed E-state index contributed by atoms with van der Waals surface area (Å²) in [4.78, 5) is 29.9. The third kappa shape index (κ3) is 5.03. The molecule has 32 heavy (non-hydrogen) atoms. The zero-order valence-electron chi connectivity index (χ0n) is 18.0. The molecule has 0 unspecified atom stereocenters. The first-order chi connectivity index (χ1) is 15.5. The Morgan fingerprint density at radius 2 is 1.69 bits per heavy atom. The second-order valence-electron chi connectivity index (χ2n) is 8.24. The predicted molar refractivity (Wildman–Crippen MR) is 125 cm³/mol. The van der Waals surface area contributed by atoms with Gasteiger partial charge in [-0.05, 0) is 49.1 Å². The lowest BCUT2D eigenvalue weighted by Crippen LogP contribution is -2.45. The summed E-state index contributed by atoms with van der Waals surface area (Å²) in [6.45, 7) is 1.88. The number of hydrogen-bond donors (Lipinski definition) is 3. The standard InChI is InChI=1S/C26H27N3O3/c1-17-11-12-19(25(31)28-22-9-5-6-10-24(22)30)14-23(17)29-26(32)21-13-20(15-27-16-21)18-7-3-2-4-8-18/h2-4,7-8,11-16,22,24,30H,5-6,9-10H2,1H3,(H,28,31)(H,29,32)/t22-,24-/m0/s1. The monoisotopic (exact) mass is 429 g/mol. The fourth-order valence-corrected chi connectivity index (χ4v) is 3.98. The number of carbonyl (C=O) groups excluding carboxylic acids is 2. The van der Waals surface area contributed by atoms with Crippen LogP contribution in [0.3, 0.4) is 0 Å². The van der Waals surface area contributed by atoms with Gasteiger partial charge >= 0.3 is 0 Å². The van der Waals surface area contributed by atoms with Crippen LogP contribution in [0.1, 0.15) is 52.0 Å². The van der Waals surface area contributed by atoms with Gasteiger partial charge in [0.25, 0.3) is 11.8 Å². The number of aromatic nitrogens is 1. The Bertz CT molecular complexity index is 1110. The van der Waals surface area contributed by atoms with Gasteiger partial charge in [-0.3, -0.25) is 14.6 Å². The van der Waals surface area contributed by atoms with E-state index < -0.39 is 6.10 Å². The third-order valence-corrected chi connectivity index (χ3v) is 5.90. The van der Waals surface area contributed by atoms with Crippen LogP contribution in [0.25, 0.3) is 11.1 Å². The van der Waals surface area contributed by atoms with Gasteiger partial charge in [-0.2, -0.15) is 0 Å². The molecular weight excluding hydrogens is 402 g/mol. The Kier molecular flexibility index (Phi) is 6.61. The number of rotatable bonds is 5. The first-order valence-electron chi connectivity index (χ1n) is 10.9. The molecular formula is C26H27N3O3. The van der Waals surface area contributed by atoms with E-state index in [4.69, 9.17) is 0 Å². The lowest BCUT2D eigenvalue weighted by molar-refractivity contribution is 0.0717. The van der Waals surface area contributed by atoms with E-state index >= 15 is 0 Å². The highest BCUT2D eigenvalue weighted by atomic mass is 16.3. The van der Waals surface area contributed by atoms with Crippen molar-refractivity contribution < 1.29 is 14.7 Å². The highest BCUT2D eigenvalue weighted by molar-refractivity contribution is 6.06. The smallest absolute Gasteiger partial charge is 0.257 e. The summed E-state index contributed by atoms with van der Waals surface area (Å²) < 4.78 is 0. The molecule has 2 amide bonds. The molecule has 0 aliphatic heterocycles. The number of nitrogens with zero attached hydrogens (tertiary/aromatic N) is 1. The van der Waals surface area contributed by atoms with Gasteiger partial charge in [-0.1, -0.05) is 49.2 Å². The number of pyridine rings is 1. The van der Waals surface area contributed by atoms with Crippen molar-refractivity contribution in [2.75, 3.05) is 5.32 Å². The van der Waals surface area contributed by atoms with Gasteiger partial charge in [0.1, 0.15) is 0 Å². The molecule has 0 spiro atoms. The Labute approximate surface area is 187 Å². The molecule has 3 aromatic rings. The van der Waals surface area contributed by atoms with Crippen molar-refractivity contribution in [3.63, 3.8) is 0 Å². The Morgan fingerprint density at radius 3 is 2.47 bits per heavy atom. The molecule has 2 atom stereocenters. The normalized spacial score (nSPS) is 18.1. The number of hydrogen-bond acceptors (Lipinski definition) is 4. The molecule has 6 heteroatoms. The molecule has 0 radical (unpaired) electrons. The minimum absolute atomic E-state index is 0.234. The summed E-state index contributed by atoms with van der Waals surface area (Å²) >= 11 is 0. The van der Waals surface area contributed by atoms with Crippen LogP contribution in [0.15, 0.2) is 67.0 Å². The van der Waals surface area contributed by atoms with Gasteiger partial charge < -0.3 is 15.7 Å². The molecule has 1 saturated carbocycles. The largest absolute Gasteiger partial charge is 0.391 e. The van der Waals surface area contributed by atoms with Gasteiger partial charge in [0, 0.05) is 29.2 Å². The summed E-state index contributed by atoms with van der Waals surface area (Å²) in [5, 5.41) is 16.0. The molecule has 1 aromatic heterocycles. The van der Waals surface area contributed by atoms with Gasteiger partial charge in [0.05, 0.1) is 17.7 Å². The van der Waals surface area contributed by atoms with Crippen LogP contribution in [0.5, 0.6) is 0 Å². The molecule has 6 nitrogen and oxygen atoms in total. The number of aliphatic hydroxyl groups excluding tert-OH is 1. The summed E-state index contributed by atoms with van der Waals surface area (Å²) in [5.41, 5.74) is 4.13. The molecule has 1 aliphatic carbocycles. The van der Waals surface area contributed by atoms with Gasteiger partial charge in [0.15, 0.2) is 0 Å². The zero-order chi connectivity index (χ0) is 22.5. The lowest BCUT2D eigenvalue weighted by Gasteiger charge is -2.28. The van der Waals surface area contributed by atoms with E-state index in [0.29, 0.717) is 23.2 Å². The van der Waals surface area contributed by atoms with Crippen LogP contribution >= 0.6 is 0 Å². The van der Waals surface area contributed by atoms with E-state index in [9.17, 15) is 14.7 Å². The Morgan fingerprint density at radius 1 is 0.906 bits per heavy atom. The van der Waals surface area contributed by atoms with Gasteiger partial charge in [-0.15, -0.1) is 0 Å². The highest BCUT2D eigenvalue weighted by Crippen LogP contribution is 2.22. The second-order valence-corrected chi connectivity index (χ2v) is 8.24. The molecule has 4 rings (SSSR count). The van der Waals surface area contributed by atoms with Gasteiger partial charge in [0.2, 0.25) is 0 Å². The third-order valence-electron chi connectivity index (χ3n) is 5.90. The number of aliphatic hydroxyl groups is 1. The van der Waals surface area contributed by atoms with Crippen LogP contribution in [0.2, 0.25) is 0 Å². The van der Waals surface area contributed by atoms with E-state index in [1.807, 2.05) is 37.3 Å².